The van der Waals surface area contributed by atoms with Crippen molar-refractivity contribution in [2.45, 2.75) is 31.7 Å². The molecule has 2 rings (SSSR count). The summed E-state index contributed by atoms with van der Waals surface area (Å²) in [5.74, 6) is 1.03. The molecule has 0 atom stereocenters. The summed E-state index contributed by atoms with van der Waals surface area (Å²) in [6, 6.07) is 4.69. The Kier molecular flexibility index (Phi) is 4.18. The number of hydrogen-bond donors (Lipinski definition) is 1. The van der Waals surface area contributed by atoms with Crippen LogP contribution >= 0.6 is 15.9 Å². The average molecular weight is 285 g/mol. The molecular formula is C12H17BrN2O. The number of anilines is 1. The van der Waals surface area contributed by atoms with Crippen LogP contribution < -0.4 is 4.90 Å². The van der Waals surface area contributed by atoms with Gasteiger partial charge in [0.2, 0.25) is 0 Å². The van der Waals surface area contributed by atoms with Crippen LogP contribution in [0.15, 0.2) is 22.8 Å². The lowest BCUT2D eigenvalue weighted by Gasteiger charge is -2.38. The van der Waals surface area contributed by atoms with E-state index in [4.69, 9.17) is 5.11 Å². The quantitative estimate of drug-likeness (QED) is 0.903. The van der Waals surface area contributed by atoms with Crippen LogP contribution in [-0.4, -0.2) is 29.3 Å². The Morgan fingerprint density at radius 2 is 2.25 bits per heavy atom. The van der Waals surface area contributed by atoms with Gasteiger partial charge in [0.05, 0.1) is 0 Å². The van der Waals surface area contributed by atoms with Crippen molar-refractivity contribution in [3.8, 4) is 0 Å². The molecule has 3 nitrogen and oxygen atoms in total. The van der Waals surface area contributed by atoms with E-state index in [1.54, 1.807) is 0 Å². The Bertz CT molecular complexity index is 324. The first-order chi connectivity index (χ1) is 7.81. The number of aromatic nitrogens is 1. The second kappa shape index (κ2) is 5.64. The van der Waals surface area contributed by atoms with Gasteiger partial charge in [-0.05, 0) is 53.7 Å². The largest absolute Gasteiger partial charge is 0.396 e. The predicted octanol–water partition coefficient (Wildman–Crippen LogP) is 2.59. The molecule has 0 unspecified atom stereocenters. The molecule has 1 aromatic rings. The molecule has 1 fully saturated rings. The molecule has 0 saturated heterocycles. The van der Waals surface area contributed by atoms with Gasteiger partial charge in [-0.1, -0.05) is 0 Å². The van der Waals surface area contributed by atoms with Gasteiger partial charge in [-0.25, -0.2) is 4.98 Å². The molecule has 16 heavy (non-hydrogen) atoms. The maximum Gasteiger partial charge on any atom is 0.128 e. The molecule has 0 bridgehead atoms. The van der Waals surface area contributed by atoms with Crippen molar-refractivity contribution >= 4 is 21.7 Å². The standard InChI is InChI=1S/C12H17BrN2O/c13-10-5-6-12(14-9-10)15(7-2-8-16)11-3-1-4-11/h5-6,9,11,16H,1-4,7-8H2. The number of halogens is 1. The molecule has 0 radical (unpaired) electrons. The van der Waals surface area contributed by atoms with Gasteiger partial charge in [0, 0.05) is 29.9 Å². The van der Waals surface area contributed by atoms with Gasteiger partial charge >= 0.3 is 0 Å². The van der Waals surface area contributed by atoms with Crippen molar-refractivity contribution in [2.24, 2.45) is 0 Å². The highest BCUT2D eigenvalue weighted by Gasteiger charge is 2.25. The van der Waals surface area contributed by atoms with E-state index in [1.165, 1.54) is 19.3 Å². The average Bonchev–Trinajstić information content (AvgIpc) is 2.23. The Labute approximate surface area is 105 Å². The Balaban J connectivity index is 2.07. The van der Waals surface area contributed by atoms with Gasteiger partial charge < -0.3 is 10.0 Å². The van der Waals surface area contributed by atoms with Crippen molar-refractivity contribution in [1.82, 2.24) is 4.98 Å². The minimum atomic E-state index is 0.250. The Morgan fingerprint density at radius 3 is 2.75 bits per heavy atom. The van der Waals surface area contributed by atoms with Crippen LogP contribution in [0.2, 0.25) is 0 Å². The molecule has 0 aliphatic heterocycles. The molecule has 0 spiro atoms. The fourth-order valence-corrected chi connectivity index (χ4v) is 2.20. The molecular weight excluding hydrogens is 268 g/mol. The minimum absolute atomic E-state index is 0.250. The number of hydrogen-bond acceptors (Lipinski definition) is 3. The van der Waals surface area contributed by atoms with Crippen LogP contribution in [0.3, 0.4) is 0 Å². The normalized spacial score (nSPS) is 15.9. The predicted molar refractivity (Wildman–Crippen MR) is 68.6 cm³/mol. The molecule has 88 valence electrons. The Morgan fingerprint density at radius 1 is 1.44 bits per heavy atom. The van der Waals surface area contributed by atoms with E-state index in [0.717, 1.165) is 23.3 Å². The van der Waals surface area contributed by atoms with Crippen LogP contribution in [0, 0.1) is 0 Å². The lowest BCUT2D eigenvalue weighted by molar-refractivity contribution is 0.282. The van der Waals surface area contributed by atoms with Crippen LogP contribution in [-0.2, 0) is 0 Å². The third-order valence-corrected chi connectivity index (χ3v) is 3.55. The van der Waals surface area contributed by atoms with Crippen molar-refractivity contribution in [2.75, 3.05) is 18.1 Å². The number of nitrogens with zero attached hydrogens (tertiary/aromatic N) is 2. The van der Waals surface area contributed by atoms with E-state index in [1.807, 2.05) is 18.3 Å². The SMILES string of the molecule is OCCCN(c1ccc(Br)cn1)C1CCC1. The molecule has 1 heterocycles. The molecule has 0 aromatic carbocycles. The van der Waals surface area contributed by atoms with Crippen molar-refractivity contribution in [3.05, 3.63) is 22.8 Å². The molecule has 1 aliphatic rings. The van der Waals surface area contributed by atoms with Gasteiger partial charge in [-0.3, -0.25) is 0 Å². The van der Waals surface area contributed by atoms with Crippen LogP contribution in [0.4, 0.5) is 5.82 Å². The molecule has 1 saturated carbocycles. The lowest BCUT2D eigenvalue weighted by atomic mass is 9.91. The number of rotatable bonds is 5. The fourth-order valence-electron chi connectivity index (χ4n) is 1.96. The summed E-state index contributed by atoms with van der Waals surface area (Å²) in [5.41, 5.74) is 0. The zero-order valence-corrected chi connectivity index (χ0v) is 10.9. The summed E-state index contributed by atoms with van der Waals surface area (Å²) in [7, 11) is 0. The first kappa shape index (κ1) is 11.9. The summed E-state index contributed by atoms with van der Waals surface area (Å²) < 4.78 is 1.01. The highest BCUT2D eigenvalue weighted by atomic mass is 79.9. The molecule has 4 heteroatoms. The van der Waals surface area contributed by atoms with E-state index in [2.05, 4.69) is 25.8 Å². The van der Waals surface area contributed by atoms with E-state index in [0.29, 0.717) is 6.04 Å². The smallest absolute Gasteiger partial charge is 0.128 e. The van der Waals surface area contributed by atoms with Crippen LogP contribution in [0.1, 0.15) is 25.7 Å². The number of aliphatic hydroxyl groups is 1. The van der Waals surface area contributed by atoms with Gasteiger partial charge in [0.15, 0.2) is 0 Å². The summed E-state index contributed by atoms with van der Waals surface area (Å²) >= 11 is 3.39. The van der Waals surface area contributed by atoms with Crippen molar-refractivity contribution in [1.29, 1.82) is 0 Å². The third kappa shape index (κ3) is 2.74. The maximum atomic E-state index is 8.92. The minimum Gasteiger partial charge on any atom is -0.396 e. The maximum absolute atomic E-state index is 8.92. The highest BCUT2D eigenvalue weighted by molar-refractivity contribution is 9.10. The van der Waals surface area contributed by atoms with E-state index in [-0.39, 0.29) is 6.61 Å². The monoisotopic (exact) mass is 284 g/mol. The summed E-state index contributed by atoms with van der Waals surface area (Å²) in [6.45, 7) is 1.15. The van der Waals surface area contributed by atoms with Gasteiger partial charge in [0.25, 0.3) is 0 Å². The molecule has 1 aliphatic carbocycles. The van der Waals surface area contributed by atoms with Crippen molar-refractivity contribution < 1.29 is 5.11 Å². The first-order valence-electron chi connectivity index (χ1n) is 5.80. The number of pyridine rings is 1. The van der Waals surface area contributed by atoms with Crippen molar-refractivity contribution in [3.63, 3.8) is 0 Å². The van der Waals surface area contributed by atoms with Gasteiger partial charge in [0.1, 0.15) is 5.82 Å². The topological polar surface area (TPSA) is 36.4 Å². The third-order valence-electron chi connectivity index (χ3n) is 3.08. The molecule has 0 amide bonds. The number of aliphatic hydroxyl groups excluding tert-OH is 1. The zero-order chi connectivity index (χ0) is 11.4. The second-order valence-electron chi connectivity index (χ2n) is 4.19. The van der Waals surface area contributed by atoms with Gasteiger partial charge in [-0.2, -0.15) is 0 Å². The summed E-state index contributed by atoms with van der Waals surface area (Å²) in [6.07, 6.45) is 6.47. The second-order valence-corrected chi connectivity index (χ2v) is 5.11. The fraction of sp³-hybridized carbons (Fsp3) is 0.583. The molecule has 1 N–H and O–H groups in total. The highest BCUT2D eigenvalue weighted by Crippen LogP contribution is 2.28. The zero-order valence-electron chi connectivity index (χ0n) is 9.27. The van der Waals surface area contributed by atoms with E-state index >= 15 is 0 Å². The summed E-state index contributed by atoms with van der Waals surface area (Å²) in [4.78, 5) is 6.76. The lowest BCUT2D eigenvalue weighted by Crippen LogP contribution is -2.41. The van der Waals surface area contributed by atoms with Crippen LogP contribution in [0.5, 0.6) is 0 Å². The first-order valence-corrected chi connectivity index (χ1v) is 6.59. The Hall–Kier alpha value is -0.610. The molecule has 1 aromatic heterocycles. The summed E-state index contributed by atoms with van der Waals surface area (Å²) in [5, 5.41) is 8.92. The van der Waals surface area contributed by atoms with Gasteiger partial charge in [-0.15, -0.1) is 0 Å². The van der Waals surface area contributed by atoms with Crippen LogP contribution in [0.25, 0.3) is 0 Å². The van der Waals surface area contributed by atoms with E-state index < -0.39 is 0 Å². The van der Waals surface area contributed by atoms with E-state index in [9.17, 15) is 0 Å².